The third-order valence-corrected chi connectivity index (χ3v) is 4.58. The molecule has 5 rings (SSSR count). The van der Waals surface area contributed by atoms with E-state index in [1.165, 1.54) is 37.9 Å². The van der Waals surface area contributed by atoms with Crippen LogP contribution in [0, 0.1) is 6.92 Å². The summed E-state index contributed by atoms with van der Waals surface area (Å²) in [5.74, 6) is 0. The first-order valence-electron chi connectivity index (χ1n) is 7.55. The average molecular weight is 282 g/mol. The molecule has 1 heteroatoms. The molecule has 104 valence electrons. The molecule has 0 aliphatic rings. The lowest BCUT2D eigenvalue weighted by Gasteiger charge is -2.03. The van der Waals surface area contributed by atoms with Gasteiger partial charge in [0, 0.05) is 16.2 Å². The summed E-state index contributed by atoms with van der Waals surface area (Å²) in [4.78, 5) is 0. The summed E-state index contributed by atoms with van der Waals surface area (Å²) in [6.07, 6.45) is 0. The van der Waals surface area contributed by atoms with Crippen LogP contribution in [-0.4, -0.2) is 0 Å². The Labute approximate surface area is 127 Å². The van der Waals surface area contributed by atoms with Gasteiger partial charge in [-0.15, -0.1) is 0 Å². The number of benzene rings is 4. The van der Waals surface area contributed by atoms with Crippen LogP contribution in [0.1, 0.15) is 5.56 Å². The monoisotopic (exact) mass is 282 g/mol. The predicted molar refractivity (Wildman–Crippen MR) is 93.5 cm³/mol. The van der Waals surface area contributed by atoms with Gasteiger partial charge in [0.05, 0.1) is 0 Å². The lowest BCUT2D eigenvalue weighted by Crippen LogP contribution is -1.79. The molecule has 4 aromatic carbocycles. The van der Waals surface area contributed by atoms with Gasteiger partial charge < -0.3 is 4.42 Å². The zero-order valence-electron chi connectivity index (χ0n) is 12.3. The number of hydrogen-bond acceptors (Lipinski definition) is 1. The molecule has 0 aliphatic heterocycles. The summed E-state index contributed by atoms with van der Waals surface area (Å²) < 4.78 is 6.25. The number of fused-ring (bicyclic) bond motifs is 7. The Morgan fingerprint density at radius 2 is 1.41 bits per heavy atom. The molecule has 0 aliphatic carbocycles. The number of rotatable bonds is 0. The Morgan fingerprint density at radius 1 is 0.682 bits per heavy atom. The van der Waals surface area contributed by atoms with Crippen LogP contribution in [0.4, 0.5) is 0 Å². The van der Waals surface area contributed by atoms with Gasteiger partial charge in [-0.3, -0.25) is 0 Å². The zero-order chi connectivity index (χ0) is 14.7. The topological polar surface area (TPSA) is 13.1 Å². The fraction of sp³-hybridized carbons (Fsp3) is 0.0476. The fourth-order valence-corrected chi connectivity index (χ4v) is 3.54. The highest BCUT2D eigenvalue weighted by molar-refractivity contribution is 6.23. The van der Waals surface area contributed by atoms with Gasteiger partial charge in [-0.25, -0.2) is 0 Å². The molecule has 0 saturated carbocycles. The first kappa shape index (κ1) is 11.8. The van der Waals surface area contributed by atoms with Crippen LogP contribution in [0.25, 0.3) is 43.5 Å². The minimum absolute atomic E-state index is 0.975. The second kappa shape index (κ2) is 4.11. The molecular weight excluding hydrogens is 268 g/mol. The van der Waals surface area contributed by atoms with E-state index < -0.39 is 0 Å². The predicted octanol–water partition coefficient (Wildman–Crippen LogP) is 6.20. The average Bonchev–Trinajstić information content (AvgIpc) is 2.94. The third-order valence-electron chi connectivity index (χ3n) is 4.58. The van der Waals surface area contributed by atoms with Crippen LogP contribution in [-0.2, 0) is 0 Å². The molecule has 0 fully saturated rings. The van der Waals surface area contributed by atoms with Crippen molar-refractivity contribution < 1.29 is 4.42 Å². The largest absolute Gasteiger partial charge is 0.455 e. The molecule has 0 amide bonds. The summed E-state index contributed by atoms with van der Waals surface area (Å²) in [7, 11) is 0. The molecule has 1 aromatic heterocycles. The molecule has 0 saturated heterocycles. The molecule has 1 nitrogen and oxygen atoms in total. The lowest BCUT2D eigenvalue weighted by atomic mass is 9.99. The van der Waals surface area contributed by atoms with Crippen molar-refractivity contribution in [3.8, 4) is 0 Å². The third kappa shape index (κ3) is 1.43. The van der Waals surface area contributed by atoms with E-state index in [9.17, 15) is 0 Å². The van der Waals surface area contributed by atoms with Crippen molar-refractivity contribution in [3.05, 3.63) is 72.3 Å². The fourth-order valence-electron chi connectivity index (χ4n) is 3.54. The van der Waals surface area contributed by atoms with Crippen molar-refractivity contribution in [2.24, 2.45) is 0 Å². The van der Waals surface area contributed by atoms with Crippen molar-refractivity contribution in [3.63, 3.8) is 0 Å². The van der Waals surface area contributed by atoms with E-state index in [-0.39, 0.29) is 0 Å². The maximum atomic E-state index is 6.25. The Morgan fingerprint density at radius 3 is 2.27 bits per heavy atom. The smallest absolute Gasteiger partial charge is 0.143 e. The van der Waals surface area contributed by atoms with E-state index in [2.05, 4.69) is 73.7 Å². The van der Waals surface area contributed by atoms with Crippen molar-refractivity contribution in [1.82, 2.24) is 0 Å². The van der Waals surface area contributed by atoms with Gasteiger partial charge in [0.25, 0.3) is 0 Å². The van der Waals surface area contributed by atoms with E-state index in [4.69, 9.17) is 4.42 Å². The van der Waals surface area contributed by atoms with Crippen molar-refractivity contribution in [1.29, 1.82) is 0 Å². The molecule has 0 bridgehead atoms. The van der Waals surface area contributed by atoms with Gasteiger partial charge in [-0.1, -0.05) is 54.6 Å². The van der Waals surface area contributed by atoms with Gasteiger partial charge in [0.15, 0.2) is 0 Å². The Kier molecular flexibility index (Phi) is 2.21. The summed E-state index contributed by atoms with van der Waals surface area (Å²) in [6, 6.07) is 23.5. The second-order valence-corrected chi connectivity index (χ2v) is 5.88. The number of hydrogen-bond donors (Lipinski definition) is 0. The normalized spacial score (nSPS) is 11.9. The Hall–Kier alpha value is -2.80. The van der Waals surface area contributed by atoms with Crippen LogP contribution in [0.5, 0.6) is 0 Å². The molecule has 22 heavy (non-hydrogen) atoms. The van der Waals surface area contributed by atoms with Crippen molar-refractivity contribution in [2.75, 3.05) is 0 Å². The number of furan rings is 1. The molecule has 1 heterocycles. The Balaban J connectivity index is 2.12. The van der Waals surface area contributed by atoms with Crippen LogP contribution in [0.15, 0.2) is 71.1 Å². The van der Waals surface area contributed by atoms with E-state index in [0.29, 0.717) is 0 Å². The zero-order valence-corrected chi connectivity index (χ0v) is 12.3. The summed E-state index contributed by atoms with van der Waals surface area (Å²) in [5.41, 5.74) is 3.22. The van der Waals surface area contributed by atoms with Gasteiger partial charge >= 0.3 is 0 Å². The van der Waals surface area contributed by atoms with Crippen LogP contribution < -0.4 is 0 Å². The summed E-state index contributed by atoms with van der Waals surface area (Å²) in [6.45, 7) is 2.15. The molecule has 0 spiro atoms. The minimum Gasteiger partial charge on any atom is -0.455 e. The number of aryl methyl sites for hydroxylation is 1. The van der Waals surface area contributed by atoms with Gasteiger partial charge in [0.1, 0.15) is 11.2 Å². The van der Waals surface area contributed by atoms with Crippen LogP contribution in [0.3, 0.4) is 0 Å². The van der Waals surface area contributed by atoms with E-state index in [1.807, 2.05) is 0 Å². The van der Waals surface area contributed by atoms with Gasteiger partial charge in [0.2, 0.25) is 0 Å². The highest BCUT2D eigenvalue weighted by Crippen LogP contribution is 2.38. The molecular formula is C21H14O. The van der Waals surface area contributed by atoms with Gasteiger partial charge in [-0.05, 0) is 40.8 Å². The van der Waals surface area contributed by atoms with E-state index >= 15 is 0 Å². The van der Waals surface area contributed by atoms with Crippen LogP contribution >= 0.6 is 0 Å². The van der Waals surface area contributed by atoms with E-state index in [0.717, 1.165) is 11.2 Å². The Bertz CT molecular complexity index is 1180. The van der Waals surface area contributed by atoms with Crippen molar-refractivity contribution >= 4 is 43.5 Å². The molecule has 0 atom stereocenters. The van der Waals surface area contributed by atoms with E-state index in [1.54, 1.807) is 0 Å². The molecule has 0 N–H and O–H groups in total. The van der Waals surface area contributed by atoms with Crippen LogP contribution in [0.2, 0.25) is 0 Å². The summed E-state index contributed by atoms with van der Waals surface area (Å²) >= 11 is 0. The lowest BCUT2D eigenvalue weighted by molar-refractivity contribution is 0.672. The quantitative estimate of drug-likeness (QED) is 0.329. The molecule has 5 aromatic rings. The SMILES string of the molecule is Cc1cc2oc3c4ccccc4ccc3c2c2ccccc12. The molecule has 0 unspecified atom stereocenters. The summed E-state index contributed by atoms with van der Waals surface area (Å²) in [5, 5.41) is 7.39. The first-order valence-corrected chi connectivity index (χ1v) is 7.55. The maximum absolute atomic E-state index is 6.25. The first-order chi connectivity index (χ1) is 10.8. The highest BCUT2D eigenvalue weighted by atomic mass is 16.3. The minimum atomic E-state index is 0.975. The maximum Gasteiger partial charge on any atom is 0.143 e. The van der Waals surface area contributed by atoms with Gasteiger partial charge in [-0.2, -0.15) is 0 Å². The highest BCUT2D eigenvalue weighted by Gasteiger charge is 2.13. The second-order valence-electron chi connectivity index (χ2n) is 5.88. The standard InChI is InChI=1S/C21H14O/c1-13-12-19-20(17-9-5-4-7-15(13)17)18-11-10-14-6-2-3-8-16(14)21(18)22-19/h2-12H,1H3. The van der Waals surface area contributed by atoms with Crippen molar-refractivity contribution in [2.45, 2.75) is 6.92 Å². The molecule has 0 radical (unpaired) electrons.